The van der Waals surface area contributed by atoms with Gasteiger partial charge in [-0.15, -0.1) is 0 Å². The van der Waals surface area contributed by atoms with Gasteiger partial charge in [0, 0.05) is 19.4 Å². The van der Waals surface area contributed by atoms with Crippen molar-refractivity contribution in [1.29, 1.82) is 0 Å². The summed E-state index contributed by atoms with van der Waals surface area (Å²) in [5.74, 6) is -0.808. The second-order valence-electron chi connectivity index (χ2n) is 30.1. The predicted molar refractivity (Wildman–Crippen MR) is 450 cm³/mol. The van der Waals surface area contributed by atoms with E-state index in [9.17, 15) is 19.0 Å². The standard InChI is InChI=1S/C93H170NO8P/c1-3-5-7-9-11-13-15-17-19-21-23-25-27-29-31-33-35-37-39-41-43-45-47-49-51-53-55-57-59-61-63-65-67-69-71-73-75-77-79-81-83-85-92(95)99-89-91(90-101-103(97,98)100-88-87-94)102-93(96)86-84-82-80-78-76-74-72-70-68-66-64-62-60-58-56-54-52-50-48-46-44-42-40-38-36-34-32-30-28-26-24-22-20-18-16-14-12-10-8-6-4-2/h6,8,12,14,18,20,24,26,30,32,36,38,42,44,48,50,91H,3-5,7,9-11,13,15-17,19,21-23,25,27-29,31,33-35,37,39-41,43,45-47,49,51-90,94H2,1-2H3,(H,97,98)/b8-6-,14-12-,20-18-,26-24-,32-30-,38-36-,44-42-,50-48-. The largest absolute Gasteiger partial charge is 0.472 e. The summed E-state index contributed by atoms with van der Waals surface area (Å²) in [5.41, 5.74) is 5.43. The van der Waals surface area contributed by atoms with Crippen molar-refractivity contribution < 1.29 is 37.6 Å². The number of carbonyl (C=O) groups is 2. The van der Waals surface area contributed by atoms with Gasteiger partial charge in [0.25, 0.3) is 0 Å². The summed E-state index contributed by atoms with van der Waals surface area (Å²) < 4.78 is 33.3. The van der Waals surface area contributed by atoms with Gasteiger partial charge in [0.1, 0.15) is 6.61 Å². The lowest BCUT2D eigenvalue weighted by molar-refractivity contribution is -0.161. The summed E-state index contributed by atoms with van der Waals surface area (Å²) in [6.07, 6.45) is 122. The average Bonchev–Trinajstić information content (AvgIpc) is 0.970. The molecule has 3 N–H and O–H groups in total. The van der Waals surface area contributed by atoms with E-state index in [1.165, 1.54) is 327 Å². The minimum Gasteiger partial charge on any atom is -0.462 e. The fraction of sp³-hybridized carbons (Fsp3) is 0.806. The third kappa shape index (κ3) is 87.7. The molecule has 2 unspecified atom stereocenters. The highest BCUT2D eigenvalue weighted by molar-refractivity contribution is 7.47. The van der Waals surface area contributed by atoms with Crippen LogP contribution in [0.1, 0.15) is 450 Å². The van der Waals surface area contributed by atoms with Crippen molar-refractivity contribution in [3.63, 3.8) is 0 Å². The number of rotatable bonds is 85. The molecule has 0 heterocycles. The number of ether oxygens (including phenoxy) is 2. The maximum atomic E-state index is 12.8. The second-order valence-corrected chi connectivity index (χ2v) is 31.6. The SMILES string of the molecule is CC/C=C\C/C=C\C/C=C\C/C=C\C/C=C\C/C=C\C/C=C\C/C=C\CCCCCCCCCCCCCCCCCCC(=O)OC(COC(=O)CCCCCCCCCCCCCCCCCCCCCCCCCCCCCCCCCCCCCCCCCCC)COP(=O)(O)OCCN. The number of hydrogen-bond acceptors (Lipinski definition) is 8. The smallest absolute Gasteiger partial charge is 0.462 e. The molecule has 0 aromatic carbocycles. The Morgan fingerprint density at radius 2 is 0.534 bits per heavy atom. The van der Waals surface area contributed by atoms with E-state index in [-0.39, 0.29) is 38.6 Å². The third-order valence-electron chi connectivity index (χ3n) is 20.0. The third-order valence-corrected chi connectivity index (χ3v) is 21.0. The Hall–Kier alpha value is -3.07. The quantitative estimate of drug-likeness (QED) is 0.0264. The molecule has 0 amide bonds. The highest BCUT2D eigenvalue weighted by Gasteiger charge is 2.26. The minimum absolute atomic E-state index is 0.0533. The monoisotopic (exact) mass is 1460 g/mol. The molecule has 0 aliphatic carbocycles. The van der Waals surface area contributed by atoms with Crippen molar-refractivity contribution in [2.75, 3.05) is 26.4 Å². The maximum Gasteiger partial charge on any atom is 0.472 e. The molecule has 0 rings (SSSR count). The van der Waals surface area contributed by atoms with Gasteiger partial charge in [-0.2, -0.15) is 0 Å². The zero-order chi connectivity index (χ0) is 74.3. The van der Waals surface area contributed by atoms with Crippen LogP contribution in [0.4, 0.5) is 0 Å². The number of allylic oxidation sites excluding steroid dienone is 16. The number of carbonyl (C=O) groups excluding carboxylic acids is 2. The van der Waals surface area contributed by atoms with Crippen molar-refractivity contribution >= 4 is 19.8 Å². The molecular formula is C93H170NO8P. The molecule has 0 bridgehead atoms. The van der Waals surface area contributed by atoms with Crippen LogP contribution >= 0.6 is 7.82 Å². The summed E-state index contributed by atoms with van der Waals surface area (Å²) in [7, 11) is -4.40. The Balaban J connectivity index is 3.74. The van der Waals surface area contributed by atoms with E-state index >= 15 is 0 Å². The van der Waals surface area contributed by atoms with Gasteiger partial charge in [-0.1, -0.05) is 458 Å². The lowest BCUT2D eigenvalue weighted by atomic mass is 10.0. The van der Waals surface area contributed by atoms with Gasteiger partial charge in [-0.05, 0) is 77.0 Å². The van der Waals surface area contributed by atoms with Crippen LogP contribution in [0.3, 0.4) is 0 Å². The predicted octanol–water partition coefficient (Wildman–Crippen LogP) is 30.5. The lowest BCUT2D eigenvalue weighted by Crippen LogP contribution is -2.29. The molecule has 0 aliphatic heterocycles. The van der Waals surface area contributed by atoms with Gasteiger partial charge in [0.2, 0.25) is 0 Å². The van der Waals surface area contributed by atoms with Gasteiger partial charge in [-0.25, -0.2) is 4.57 Å². The molecule has 2 atom stereocenters. The van der Waals surface area contributed by atoms with Gasteiger partial charge >= 0.3 is 19.8 Å². The molecule has 0 radical (unpaired) electrons. The molecular weight excluding hydrogens is 1290 g/mol. The summed E-state index contributed by atoms with van der Waals surface area (Å²) in [6.45, 7) is 3.70. The normalized spacial score (nSPS) is 13.2. The summed E-state index contributed by atoms with van der Waals surface area (Å²) in [6, 6.07) is 0. The van der Waals surface area contributed by atoms with Gasteiger partial charge < -0.3 is 20.1 Å². The molecule has 0 aromatic rings. The van der Waals surface area contributed by atoms with Crippen LogP contribution in [0, 0.1) is 0 Å². The maximum absolute atomic E-state index is 12.8. The molecule has 9 nitrogen and oxygen atoms in total. The van der Waals surface area contributed by atoms with Crippen LogP contribution in [-0.2, 0) is 32.7 Å². The van der Waals surface area contributed by atoms with E-state index < -0.39 is 26.5 Å². The molecule has 0 aromatic heterocycles. The Kier molecular flexibility index (Phi) is 85.2. The molecule has 103 heavy (non-hydrogen) atoms. The molecule has 0 saturated carbocycles. The fourth-order valence-corrected chi connectivity index (χ4v) is 14.2. The van der Waals surface area contributed by atoms with E-state index in [2.05, 4.69) is 111 Å². The summed E-state index contributed by atoms with van der Waals surface area (Å²) in [5, 5.41) is 0. The summed E-state index contributed by atoms with van der Waals surface area (Å²) >= 11 is 0. The van der Waals surface area contributed by atoms with Crippen LogP contribution in [0.25, 0.3) is 0 Å². The lowest BCUT2D eigenvalue weighted by Gasteiger charge is -2.19. The first-order valence-electron chi connectivity index (χ1n) is 44.7. The van der Waals surface area contributed by atoms with Gasteiger partial charge in [-0.3, -0.25) is 18.6 Å². The number of nitrogens with two attached hydrogens (primary N) is 1. The molecule has 0 fully saturated rings. The van der Waals surface area contributed by atoms with Crippen molar-refractivity contribution in [3.8, 4) is 0 Å². The molecule has 10 heteroatoms. The Morgan fingerprint density at radius 1 is 0.301 bits per heavy atom. The van der Waals surface area contributed by atoms with E-state index in [4.69, 9.17) is 24.3 Å². The minimum atomic E-state index is -4.40. The van der Waals surface area contributed by atoms with Crippen molar-refractivity contribution in [2.24, 2.45) is 5.73 Å². The zero-order valence-electron chi connectivity index (χ0n) is 68.1. The van der Waals surface area contributed by atoms with Crippen LogP contribution in [0.5, 0.6) is 0 Å². The highest BCUT2D eigenvalue weighted by Crippen LogP contribution is 2.43. The van der Waals surface area contributed by atoms with E-state index in [1.54, 1.807) is 0 Å². The first-order valence-corrected chi connectivity index (χ1v) is 46.2. The number of unbranched alkanes of at least 4 members (excludes halogenated alkanes) is 56. The van der Waals surface area contributed by atoms with Crippen molar-refractivity contribution in [1.82, 2.24) is 0 Å². The Labute approximate surface area is 639 Å². The van der Waals surface area contributed by atoms with Gasteiger partial charge in [0.05, 0.1) is 13.2 Å². The molecule has 0 aliphatic rings. The fourth-order valence-electron chi connectivity index (χ4n) is 13.4. The first kappa shape index (κ1) is 99.9. The number of hydrogen-bond donors (Lipinski definition) is 2. The van der Waals surface area contributed by atoms with Gasteiger partial charge in [0.15, 0.2) is 6.10 Å². The van der Waals surface area contributed by atoms with Crippen LogP contribution < -0.4 is 5.73 Å². The zero-order valence-corrected chi connectivity index (χ0v) is 69.0. The van der Waals surface area contributed by atoms with Crippen LogP contribution in [0.15, 0.2) is 97.2 Å². The van der Waals surface area contributed by atoms with Crippen LogP contribution in [-0.4, -0.2) is 49.3 Å². The van der Waals surface area contributed by atoms with E-state index in [0.29, 0.717) is 6.42 Å². The summed E-state index contributed by atoms with van der Waals surface area (Å²) in [4.78, 5) is 35.5. The molecule has 600 valence electrons. The van der Waals surface area contributed by atoms with Crippen LogP contribution in [0.2, 0.25) is 0 Å². The van der Waals surface area contributed by atoms with E-state index in [0.717, 1.165) is 89.9 Å². The Bertz CT molecular complexity index is 2020. The van der Waals surface area contributed by atoms with Crippen molar-refractivity contribution in [3.05, 3.63) is 97.2 Å². The average molecular weight is 1460 g/mol. The van der Waals surface area contributed by atoms with E-state index in [1.807, 2.05) is 0 Å². The number of esters is 2. The van der Waals surface area contributed by atoms with Crippen molar-refractivity contribution in [2.45, 2.75) is 457 Å². The second kappa shape index (κ2) is 87.8. The number of phosphoric ester groups is 1. The molecule has 0 spiro atoms. The first-order chi connectivity index (χ1) is 50.8. The molecule has 0 saturated heterocycles. The topological polar surface area (TPSA) is 134 Å². The Morgan fingerprint density at radius 3 is 0.796 bits per heavy atom. The number of phosphoric acid groups is 1. The highest BCUT2D eigenvalue weighted by atomic mass is 31.2.